The normalized spacial score (nSPS) is 11.2. The first-order valence-corrected chi connectivity index (χ1v) is 6.41. The molecule has 1 amide bonds. The molecule has 1 aromatic carbocycles. The number of carbonyl (C=O) groups excluding carboxylic acids is 1. The zero-order valence-electron chi connectivity index (χ0n) is 12.0. The number of aryl methyl sites for hydroxylation is 1. The number of nitro benzene ring substituents is 1. The first kappa shape index (κ1) is 16.1. The molecular weight excluding hydrogens is 260 g/mol. The Morgan fingerprint density at radius 2 is 2.10 bits per heavy atom. The highest BCUT2D eigenvalue weighted by molar-refractivity contribution is 5.98. The van der Waals surface area contributed by atoms with Crippen LogP contribution in [0.15, 0.2) is 18.2 Å². The van der Waals surface area contributed by atoms with Gasteiger partial charge in [-0.1, -0.05) is 19.9 Å². The van der Waals surface area contributed by atoms with E-state index in [4.69, 9.17) is 5.11 Å². The van der Waals surface area contributed by atoms with Crippen LogP contribution in [0.5, 0.6) is 0 Å². The van der Waals surface area contributed by atoms with Crippen LogP contribution in [0.3, 0.4) is 0 Å². The molecule has 0 aliphatic rings. The highest BCUT2D eigenvalue weighted by atomic mass is 16.6. The van der Waals surface area contributed by atoms with Crippen LogP contribution in [-0.2, 0) is 0 Å². The summed E-state index contributed by atoms with van der Waals surface area (Å²) in [6, 6.07) is 4.44. The van der Waals surface area contributed by atoms with E-state index >= 15 is 0 Å². The minimum atomic E-state index is -0.562. The molecule has 0 aliphatic heterocycles. The van der Waals surface area contributed by atoms with Crippen molar-refractivity contribution in [1.82, 2.24) is 5.32 Å². The van der Waals surface area contributed by atoms with Crippen LogP contribution in [0.4, 0.5) is 5.69 Å². The highest BCUT2D eigenvalue weighted by Crippen LogP contribution is 2.21. The molecule has 6 nitrogen and oxygen atoms in total. The van der Waals surface area contributed by atoms with Crippen molar-refractivity contribution in [3.8, 4) is 0 Å². The molecule has 0 fully saturated rings. The number of hydrogen-bond acceptors (Lipinski definition) is 4. The topological polar surface area (TPSA) is 92.5 Å². The molecule has 0 unspecified atom stereocenters. The molecule has 0 radical (unpaired) electrons. The van der Waals surface area contributed by atoms with E-state index in [2.05, 4.69) is 5.32 Å². The summed E-state index contributed by atoms with van der Waals surface area (Å²) in [5.41, 5.74) is 0.390. The SMILES string of the molecule is Cc1ccc([N+](=O)[O-])c(C(=O)NCC(C)(C)CCO)c1. The van der Waals surface area contributed by atoms with E-state index in [-0.39, 0.29) is 23.3 Å². The molecule has 0 saturated heterocycles. The summed E-state index contributed by atoms with van der Waals surface area (Å²) in [6.07, 6.45) is 0.545. The van der Waals surface area contributed by atoms with Gasteiger partial charge in [0.2, 0.25) is 0 Å². The van der Waals surface area contributed by atoms with Gasteiger partial charge in [-0.15, -0.1) is 0 Å². The molecule has 0 saturated carbocycles. The van der Waals surface area contributed by atoms with Crippen molar-refractivity contribution in [2.24, 2.45) is 5.41 Å². The van der Waals surface area contributed by atoms with Gasteiger partial charge in [0.25, 0.3) is 11.6 Å². The number of aliphatic hydroxyl groups excluding tert-OH is 1. The van der Waals surface area contributed by atoms with Gasteiger partial charge < -0.3 is 10.4 Å². The van der Waals surface area contributed by atoms with Gasteiger partial charge in [0.05, 0.1) is 4.92 Å². The lowest BCUT2D eigenvalue weighted by atomic mass is 9.89. The summed E-state index contributed by atoms with van der Waals surface area (Å²) in [6.45, 7) is 5.98. The maximum Gasteiger partial charge on any atom is 0.282 e. The van der Waals surface area contributed by atoms with Crippen LogP contribution < -0.4 is 5.32 Å². The van der Waals surface area contributed by atoms with Gasteiger partial charge in [0, 0.05) is 19.2 Å². The maximum atomic E-state index is 12.1. The summed E-state index contributed by atoms with van der Waals surface area (Å²) < 4.78 is 0. The first-order chi connectivity index (χ1) is 9.26. The summed E-state index contributed by atoms with van der Waals surface area (Å²) in [4.78, 5) is 22.5. The molecular formula is C14H20N2O4. The van der Waals surface area contributed by atoms with Crippen LogP contribution >= 0.6 is 0 Å². The van der Waals surface area contributed by atoms with Crippen molar-refractivity contribution in [1.29, 1.82) is 0 Å². The van der Waals surface area contributed by atoms with E-state index in [1.807, 2.05) is 13.8 Å². The maximum absolute atomic E-state index is 12.1. The summed E-state index contributed by atoms with van der Waals surface area (Å²) in [5, 5.41) is 22.6. The first-order valence-electron chi connectivity index (χ1n) is 6.41. The Balaban J connectivity index is 2.87. The fraction of sp³-hybridized carbons (Fsp3) is 0.500. The van der Waals surface area contributed by atoms with E-state index < -0.39 is 10.8 Å². The summed E-state index contributed by atoms with van der Waals surface area (Å²) in [7, 11) is 0. The Labute approximate surface area is 118 Å². The molecule has 1 aromatic rings. The Morgan fingerprint density at radius 1 is 1.45 bits per heavy atom. The van der Waals surface area contributed by atoms with Gasteiger partial charge >= 0.3 is 0 Å². The predicted molar refractivity (Wildman–Crippen MR) is 75.7 cm³/mol. The molecule has 110 valence electrons. The van der Waals surface area contributed by atoms with Gasteiger partial charge in [-0.25, -0.2) is 0 Å². The molecule has 0 spiro atoms. The smallest absolute Gasteiger partial charge is 0.282 e. The predicted octanol–water partition coefficient (Wildman–Crippen LogP) is 2.04. The van der Waals surface area contributed by atoms with E-state index in [0.29, 0.717) is 13.0 Å². The fourth-order valence-corrected chi connectivity index (χ4v) is 1.80. The van der Waals surface area contributed by atoms with Gasteiger partial charge in [0.15, 0.2) is 0 Å². The van der Waals surface area contributed by atoms with E-state index in [1.54, 1.807) is 13.0 Å². The van der Waals surface area contributed by atoms with Crippen molar-refractivity contribution < 1.29 is 14.8 Å². The second-order valence-corrected chi connectivity index (χ2v) is 5.60. The lowest BCUT2D eigenvalue weighted by Crippen LogP contribution is -2.34. The van der Waals surface area contributed by atoms with Crippen molar-refractivity contribution >= 4 is 11.6 Å². The molecule has 20 heavy (non-hydrogen) atoms. The van der Waals surface area contributed by atoms with E-state index in [0.717, 1.165) is 5.56 Å². The van der Waals surface area contributed by atoms with Crippen LogP contribution in [0.25, 0.3) is 0 Å². The Bertz CT molecular complexity index is 512. The molecule has 2 N–H and O–H groups in total. The number of amides is 1. The minimum Gasteiger partial charge on any atom is -0.396 e. The third-order valence-corrected chi connectivity index (χ3v) is 3.11. The molecule has 0 bridgehead atoms. The van der Waals surface area contributed by atoms with E-state index in [1.165, 1.54) is 12.1 Å². The molecule has 0 heterocycles. The minimum absolute atomic E-state index is 0.0352. The average molecular weight is 280 g/mol. The van der Waals surface area contributed by atoms with E-state index in [9.17, 15) is 14.9 Å². The van der Waals surface area contributed by atoms with Crippen LogP contribution in [0.1, 0.15) is 36.2 Å². The molecule has 6 heteroatoms. The molecule has 0 aliphatic carbocycles. The van der Waals surface area contributed by atoms with Gasteiger partial charge in [0.1, 0.15) is 5.56 Å². The number of carbonyl (C=O) groups is 1. The summed E-state index contributed by atoms with van der Waals surface area (Å²) in [5.74, 6) is -0.466. The molecule has 0 aromatic heterocycles. The monoisotopic (exact) mass is 280 g/mol. The second kappa shape index (κ2) is 6.47. The Hall–Kier alpha value is -1.95. The number of nitrogens with zero attached hydrogens (tertiary/aromatic N) is 1. The zero-order valence-corrected chi connectivity index (χ0v) is 12.0. The zero-order chi connectivity index (χ0) is 15.3. The number of nitrogens with one attached hydrogen (secondary N) is 1. The van der Waals surface area contributed by atoms with Crippen molar-refractivity contribution in [3.63, 3.8) is 0 Å². The van der Waals surface area contributed by atoms with Gasteiger partial charge in [-0.05, 0) is 30.4 Å². The lowest BCUT2D eigenvalue weighted by Gasteiger charge is -2.23. The number of hydrogen-bond donors (Lipinski definition) is 2. The van der Waals surface area contributed by atoms with Gasteiger partial charge in [-0.3, -0.25) is 14.9 Å². The van der Waals surface area contributed by atoms with Crippen LogP contribution in [0.2, 0.25) is 0 Å². The number of benzene rings is 1. The average Bonchev–Trinajstić information content (AvgIpc) is 2.35. The van der Waals surface area contributed by atoms with Crippen LogP contribution in [0, 0.1) is 22.5 Å². The van der Waals surface area contributed by atoms with Crippen LogP contribution in [-0.4, -0.2) is 29.1 Å². The van der Waals surface area contributed by atoms with Crippen molar-refractivity contribution in [3.05, 3.63) is 39.4 Å². The third-order valence-electron chi connectivity index (χ3n) is 3.11. The van der Waals surface area contributed by atoms with Gasteiger partial charge in [-0.2, -0.15) is 0 Å². The quantitative estimate of drug-likeness (QED) is 0.616. The number of aliphatic hydroxyl groups is 1. The number of rotatable bonds is 6. The third kappa shape index (κ3) is 4.31. The Morgan fingerprint density at radius 3 is 2.65 bits per heavy atom. The lowest BCUT2D eigenvalue weighted by molar-refractivity contribution is -0.385. The van der Waals surface area contributed by atoms with Crippen molar-refractivity contribution in [2.75, 3.05) is 13.2 Å². The second-order valence-electron chi connectivity index (χ2n) is 5.60. The standard InChI is InChI=1S/C14H20N2O4/c1-10-4-5-12(16(19)20)11(8-10)13(18)15-9-14(2,3)6-7-17/h4-5,8,17H,6-7,9H2,1-3H3,(H,15,18). The van der Waals surface area contributed by atoms with Crippen molar-refractivity contribution in [2.45, 2.75) is 27.2 Å². The Kier molecular flexibility index (Phi) is 5.21. The number of nitro groups is 1. The fourth-order valence-electron chi connectivity index (χ4n) is 1.80. The highest BCUT2D eigenvalue weighted by Gasteiger charge is 2.23. The summed E-state index contributed by atoms with van der Waals surface area (Å²) >= 11 is 0. The largest absolute Gasteiger partial charge is 0.396 e. The molecule has 0 atom stereocenters. The molecule has 1 rings (SSSR count).